The Morgan fingerprint density at radius 2 is 1.73 bits per heavy atom. The van der Waals surface area contributed by atoms with Gasteiger partial charge in [-0.1, -0.05) is 18.2 Å². The van der Waals surface area contributed by atoms with Crippen molar-refractivity contribution in [2.75, 3.05) is 23.1 Å². The third-order valence-corrected chi connectivity index (χ3v) is 7.02. The summed E-state index contributed by atoms with van der Waals surface area (Å²) >= 11 is 0. The maximum Gasteiger partial charge on any atom is 0.264 e. The molecule has 2 N–H and O–H groups in total. The number of hydrogen-bond donors (Lipinski definition) is 2. The molecule has 1 aromatic carbocycles. The number of rotatable bonds is 8. The van der Waals surface area contributed by atoms with Crippen LogP contribution in [0.2, 0.25) is 0 Å². The van der Waals surface area contributed by atoms with Crippen LogP contribution < -0.4 is 10.0 Å². The van der Waals surface area contributed by atoms with E-state index in [4.69, 9.17) is 0 Å². The maximum atomic E-state index is 14.6. The first kappa shape index (κ1) is 23.1. The Morgan fingerprint density at radius 3 is 2.45 bits per heavy atom. The van der Waals surface area contributed by atoms with Crippen LogP contribution in [0.5, 0.6) is 0 Å². The molecule has 2 aromatic heterocycles. The zero-order chi connectivity index (χ0) is 23.4. The van der Waals surface area contributed by atoms with Crippen LogP contribution in [0.3, 0.4) is 0 Å². The highest BCUT2D eigenvalue weighted by Gasteiger charge is 2.20. The summed E-state index contributed by atoms with van der Waals surface area (Å²) < 4.78 is 55.5. The van der Waals surface area contributed by atoms with E-state index in [9.17, 15) is 17.2 Å². The Labute approximate surface area is 191 Å². The lowest BCUT2D eigenvalue weighted by Crippen LogP contribution is -2.20. The van der Waals surface area contributed by atoms with Crippen LogP contribution in [0, 0.1) is 18.7 Å². The Bertz CT molecular complexity index is 1250. The van der Waals surface area contributed by atoms with Crippen molar-refractivity contribution in [3.63, 3.8) is 0 Å². The lowest BCUT2D eigenvalue weighted by Gasteiger charge is -2.18. The Morgan fingerprint density at radius 1 is 0.970 bits per heavy atom. The number of hydrogen-bond acceptors (Lipinski definition) is 6. The van der Waals surface area contributed by atoms with Gasteiger partial charge in [0.15, 0.2) is 0 Å². The van der Waals surface area contributed by atoms with E-state index >= 15 is 0 Å². The highest BCUT2D eigenvalue weighted by molar-refractivity contribution is 7.92. The van der Waals surface area contributed by atoms with Gasteiger partial charge < -0.3 is 5.32 Å². The predicted molar refractivity (Wildman–Crippen MR) is 122 cm³/mol. The highest BCUT2D eigenvalue weighted by atomic mass is 32.2. The number of halogens is 2. The third-order valence-electron chi connectivity index (χ3n) is 5.54. The fourth-order valence-electron chi connectivity index (χ4n) is 3.90. The summed E-state index contributed by atoms with van der Waals surface area (Å²) in [5.41, 5.74) is 1.74. The number of nitrogens with one attached hydrogen (secondary N) is 2. The van der Waals surface area contributed by atoms with Gasteiger partial charge >= 0.3 is 0 Å². The van der Waals surface area contributed by atoms with E-state index in [0.717, 1.165) is 37.6 Å². The lowest BCUT2D eigenvalue weighted by molar-refractivity contribution is 0.329. The van der Waals surface area contributed by atoms with Crippen LogP contribution in [0.4, 0.5) is 20.4 Å². The van der Waals surface area contributed by atoms with Gasteiger partial charge in [0.2, 0.25) is 5.95 Å². The predicted octanol–water partition coefficient (Wildman–Crippen LogP) is 4.07. The number of aromatic nitrogens is 2. The maximum absolute atomic E-state index is 14.6. The Balaban J connectivity index is 1.48. The van der Waals surface area contributed by atoms with Gasteiger partial charge in [-0.25, -0.2) is 22.8 Å². The van der Waals surface area contributed by atoms with Crippen molar-refractivity contribution in [1.82, 2.24) is 14.9 Å². The molecule has 3 aromatic rings. The Kier molecular flexibility index (Phi) is 6.85. The van der Waals surface area contributed by atoms with E-state index < -0.39 is 16.0 Å². The van der Waals surface area contributed by atoms with E-state index in [0.29, 0.717) is 17.9 Å². The minimum Gasteiger partial charge on any atom is -0.366 e. The SMILES string of the molecule is Cc1nc(NCc2c(F)cccc2CN2CCCC2)ccc1S(=O)(=O)Nc1cccc(F)n1. The molecule has 4 rings (SSSR count). The van der Waals surface area contributed by atoms with Gasteiger partial charge in [0.25, 0.3) is 10.0 Å². The van der Waals surface area contributed by atoms with Crippen molar-refractivity contribution >= 4 is 21.7 Å². The number of benzene rings is 1. The summed E-state index contributed by atoms with van der Waals surface area (Å²) in [5, 5.41) is 3.10. The van der Waals surface area contributed by atoms with Gasteiger partial charge in [-0.15, -0.1) is 0 Å². The fourth-order valence-corrected chi connectivity index (χ4v) is 5.08. The number of likely N-dealkylation sites (tertiary alicyclic amines) is 1. The van der Waals surface area contributed by atoms with E-state index in [1.165, 1.54) is 30.3 Å². The van der Waals surface area contributed by atoms with E-state index in [2.05, 4.69) is 24.9 Å². The molecule has 3 heterocycles. The molecule has 10 heteroatoms. The molecule has 33 heavy (non-hydrogen) atoms. The quantitative estimate of drug-likeness (QED) is 0.480. The largest absolute Gasteiger partial charge is 0.366 e. The minimum atomic E-state index is -4.01. The van der Waals surface area contributed by atoms with Crippen molar-refractivity contribution in [1.29, 1.82) is 0 Å². The molecule has 0 saturated carbocycles. The van der Waals surface area contributed by atoms with Gasteiger partial charge in [0, 0.05) is 18.7 Å². The molecule has 1 saturated heterocycles. The molecule has 0 spiro atoms. The van der Waals surface area contributed by atoms with Gasteiger partial charge in [-0.2, -0.15) is 4.39 Å². The lowest BCUT2D eigenvalue weighted by atomic mass is 10.1. The summed E-state index contributed by atoms with van der Waals surface area (Å²) in [6.45, 7) is 4.50. The summed E-state index contributed by atoms with van der Waals surface area (Å²) in [6, 6.07) is 11.8. The topological polar surface area (TPSA) is 87.2 Å². The number of nitrogens with zero attached hydrogens (tertiary/aromatic N) is 3. The van der Waals surface area contributed by atoms with Gasteiger partial charge in [-0.3, -0.25) is 9.62 Å². The van der Waals surface area contributed by atoms with Gasteiger partial charge in [-0.05, 0) is 68.8 Å². The van der Waals surface area contributed by atoms with Crippen LogP contribution >= 0.6 is 0 Å². The van der Waals surface area contributed by atoms with Crippen molar-refractivity contribution in [2.45, 2.75) is 37.8 Å². The normalized spacial score (nSPS) is 14.4. The van der Waals surface area contributed by atoms with Crippen LogP contribution in [0.25, 0.3) is 0 Å². The first-order valence-electron chi connectivity index (χ1n) is 10.7. The molecule has 0 unspecified atom stereocenters. The molecule has 0 aliphatic carbocycles. The zero-order valence-electron chi connectivity index (χ0n) is 18.2. The molecule has 1 fully saturated rings. The van der Waals surface area contributed by atoms with Crippen LogP contribution in [0.1, 0.15) is 29.7 Å². The van der Waals surface area contributed by atoms with E-state index in [1.54, 1.807) is 13.0 Å². The molecular formula is C23H25F2N5O2S. The number of pyridine rings is 2. The van der Waals surface area contributed by atoms with Crippen molar-refractivity contribution in [3.05, 3.63) is 77.1 Å². The van der Waals surface area contributed by atoms with Crippen molar-refractivity contribution in [2.24, 2.45) is 0 Å². The summed E-state index contributed by atoms with van der Waals surface area (Å²) in [7, 11) is -4.01. The van der Waals surface area contributed by atoms with E-state index in [1.807, 2.05) is 6.07 Å². The number of anilines is 2. The molecule has 0 bridgehead atoms. The van der Waals surface area contributed by atoms with Crippen LogP contribution in [-0.4, -0.2) is 36.4 Å². The van der Waals surface area contributed by atoms with Gasteiger partial charge in [0.05, 0.1) is 5.69 Å². The smallest absolute Gasteiger partial charge is 0.264 e. The highest BCUT2D eigenvalue weighted by Crippen LogP contribution is 2.22. The second kappa shape index (κ2) is 9.80. The summed E-state index contributed by atoms with van der Waals surface area (Å²) in [6.07, 6.45) is 2.32. The second-order valence-corrected chi connectivity index (χ2v) is 9.60. The first-order chi connectivity index (χ1) is 15.8. The third kappa shape index (κ3) is 5.63. The molecule has 7 nitrogen and oxygen atoms in total. The summed E-state index contributed by atoms with van der Waals surface area (Å²) in [4.78, 5) is 10.1. The number of sulfonamides is 1. The van der Waals surface area contributed by atoms with Crippen molar-refractivity contribution in [3.8, 4) is 0 Å². The van der Waals surface area contributed by atoms with Gasteiger partial charge in [0.1, 0.15) is 22.3 Å². The molecular weight excluding hydrogens is 448 g/mol. The van der Waals surface area contributed by atoms with Crippen LogP contribution in [-0.2, 0) is 23.1 Å². The Hall–Kier alpha value is -3.11. The monoisotopic (exact) mass is 473 g/mol. The first-order valence-corrected chi connectivity index (χ1v) is 12.2. The number of aryl methyl sites for hydroxylation is 1. The zero-order valence-corrected chi connectivity index (χ0v) is 19.0. The molecule has 1 aliphatic rings. The molecule has 0 amide bonds. The average Bonchev–Trinajstić information content (AvgIpc) is 3.26. The molecule has 174 valence electrons. The van der Waals surface area contributed by atoms with E-state index in [-0.39, 0.29) is 28.8 Å². The standard InChI is InChI=1S/C23H25F2N5O2S/c1-16-20(33(31,32)29-23-9-5-8-21(25)28-23)10-11-22(27-16)26-14-18-17(6-4-7-19(18)24)15-30-12-2-3-13-30/h4-11H,2-3,12-15H2,1H3,(H,26,27)(H,28,29). The molecule has 0 atom stereocenters. The average molecular weight is 474 g/mol. The fraction of sp³-hybridized carbons (Fsp3) is 0.304. The summed E-state index contributed by atoms with van der Waals surface area (Å²) in [5.74, 6) is -0.781. The van der Waals surface area contributed by atoms with Crippen LogP contribution in [0.15, 0.2) is 53.4 Å². The van der Waals surface area contributed by atoms with Crippen molar-refractivity contribution < 1.29 is 17.2 Å². The molecule has 1 aliphatic heterocycles. The second-order valence-electron chi connectivity index (χ2n) is 7.95. The molecule has 0 radical (unpaired) electrons. The minimum absolute atomic E-state index is 0.0558.